The lowest BCUT2D eigenvalue weighted by molar-refractivity contribution is -0.143. The van der Waals surface area contributed by atoms with E-state index in [9.17, 15) is 4.79 Å². The van der Waals surface area contributed by atoms with Crippen molar-refractivity contribution in [1.82, 2.24) is 0 Å². The molecule has 15 heavy (non-hydrogen) atoms. The van der Waals surface area contributed by atoms with Crippen LogP contribution in [0.4, 0.5) is 0 Å². The molecular formula is C14H22O. The van der Waals surface area contributed by atoms with Gasteiger partial charge in [0.15, 0.2) is 0 Å². The molecule has 2 atom stereocenters. The third-order valence-corrected chi connectivity index (χ3v) is 4.24. The number of Topliss-reactive ketones (excluding diaryl/α,β-unsaturated/α-hetero) is 1. The summed E-state index contributed by atoms with van der Waals surface area (Å²) >= 11 is 0. The van der Waals surface area contributed by atoms with Gasteiger partial charge in [-0.3, -0.25) is 4.79 Å². The molecule has 2 aliphatic rings. The minimum Gasteiger partial charge on any atom is -0.298 e. The molecule has 2 aliphatic carbocycles. The smallest absolute Gasteiger partial charge is 0.144 e. The van der Waals surface area contributed by atoms with Crippen LogP contribution in [0.25, 0.3) is 0 Å². The van der Waals surface area contributed by atoms with Crippen LogP contribution >= 0.6 is 0 Å². The number of carbonyl (C=O) groups is 1. The van der Waals surface area contributed by atoms with Crippen LogP contribution in [0.2, 0.25) is 0 Å². The van der Waals surface area contributed by atoms with E-state index in [4.69, 9.17) is 0 Å². The SMILES string of the molecule is CC1C=CCC2(CCCC(C)(C)C2=O)C1. The summed E-state index contributed by atoms with van der Waals surface area (Å²) < 4.78 is 0. The Morgan fingerprint density at radius 1 is 1.33 bits per heavy atom. The van der Waals surface area contributed by atoms with Crippen LogP contribution in [-0.4, -0.2) is 5.78 Å². The lowest BCUT2D eigenvalue weighted by Crippen LogP contribution is -2.45. The molecule has 1 spiro atoms. The Balaban J connectivity index is 2.28. The fraction of sp³-hybridized carbons (Fsp3) is 0.786. The lowest BCUT2D eigenvalue weighted by atomic mass is 9.57. The maximum Gasteiger partial charge on any atom is 0.144 e. The van der Waals surface area contributed by atoms with E-state index in [0.29, 0.717) is 11.7 Å². The molecule has 0 heterocycles. The number of allylic oxidation sites excluding steroid dienone is 2. The van der Waals surface area contributed by atoms with Gasteiger partial charge in [-0.25, -0.2) is 0 Å². The molecule has 0 aromatic rings. The molecule has 2 unspecified atom stereocenters. The first-order valence-electron chi connectivity index (χ1n) is 6.18. The van der Waals surface area contributed by atoms with E-state index in [0.717, 1.165) is 25.7 Å². The molecular weight excluding hydrogens is 184 g/mol. The Morgan fingerprint density at radius 3 is 2.73 bits per heavy atom. The van der Waals surface area contributed by atoms with E-state index in [1.165, 1.54) is 6.42 Å². The molecule has 0 aromatic heterocycles. The number of hydrogen-bond acceptors (Lipinski definition) is 1. The number of hydrogen-bond donors (Lipinski definition) is 0. The molecule has 84 valence electrons. The van der Waals surface area contributed by atoms with Crippen LogP contribution < -0.4 is 0 Å². The molecule has 1 saturated carbocycles. The van der Waals surface area contributed by atoms with E-state index in [-0.39, 0.29) is 10.8 Å². The van der Waals surface area contributed by atoms with Crippen molar-refractivity contribution in [2.75, 3.05) is 0 Å². The standard InChI is InChI=1S/C14H22O/c1-11-6-4-8-14(10-11)9-5-7-13(2,3)12(14)15/h4,6,11H,5,7-10H2,1-3H3. The molecule has 0 N–H and O–H groups in total. The minimum absolute atomic E-state index is 0.00405. The van der Waals surface area contributed by atoms with E-state index in [2.05, 4.69) is 32.9 Å². The molecule has 1 heteroatoms. The zero-order chi connectivity index (χ0) is 11.1. The van der Waals surface area contributed by atoms with Crippen LogP contribution in [0.5, 0.6) is 0 Å². The van der Waals surface area contributed by atoms with Gasteiger partial charge in [0.1, 0.15) is 5.78 Å². The highest BCUT2D eigenvalue weighted by molar-refractivity contribution is 5.90. The summed E-state index contributed by atoms with van der Waals surface area (Å²) in [5.41, 5.74) is -0.0843. The summed E-state index contributed by atoms with van der Waals surface area (Å²) in [6.45, 7) is 6.48. The highest BCUT2D eigenvalue weighted by Crippen LogP contribution is 2.50. The van der Waals surface area contributed by atoms with Gasteiger partial charge in [-0.05, 0) is 31.6 Å². The monoisotopic (exact) mass is 206 g/mol. The second-order valence-corrected chi connectivity index (χ2v) is 6.16. The highest BCUT2D eigenvalue weighted by atomic mass is 16.1. The normalized spacial score (nSPS) is 39.7. The molecule has 0 saturated heterocycles. The van der Waals surface area contributed by atoms with Crippen molar-refractivity contribution in [3.05, 3.63) is 12.2 Å². The van der Waals surface area contributed by atoms with Crippen molar-refractivity contribution in [2.45, 2.75) is 52.9 Å². The fourth-order valence-corrected chi connectivity index (χ4v) is 3.50. The summed E-state index contributed by atoms with van der Waals surface area (Å²) in [7, 11) is 0. The average molecular weight is 206 g/mol. The predicted molar refractivity (Wildman–Crippen MR) is 62.6 cm³/mol. The Kier molecular flexibility index (Phi) is 2.52. The van der Waals surface area contributed by atoms with Gasteiger partial charge in [0.2, 0.25) is 0 Å². The first-order valence-corrected chi connectivity index (χ1v) is 6.18. The predicted octanol–water partition coefficient (Wildman–Crippen LogP) is 3.74. The average Bonchev–Trinajstić information content (AvgIpc) is 2.14. The second kappa shape index (κ2) is 3.47. The van der Waals surface area contributed by atoms with E-state index in [1.807, 2.05) is 0 Å². The van der Waals surface area contributed by atoms with E-state index < -0.39 is 0 Å². The Morgan fingerprint density at radius 2 is 2.07 bits per heavy atom. The molecule has 0 aliphatic heterocycles. The summed E-state index contributed by atoms with van der Waals surface area (Å²) in [5, 5.41) is 0. The Hall–Kier alpha value is -0.590. The van der Waals surface area contributed by atoms with Crippen LogP contribution in [0.3, 0.4) is 0 Å². The van der Waals surface area contributed by atoms with Gasteiger partial charge < -0.3 is 0 Å². The molecule has 2 rings (SSSR count). The maximum absolute atomic E-state index is 12.5. The van der Waals surface area contributed by atoms with Crippen molar-refractivity contribution in [2.24, 2.45) is 16.7 Å². The first kappa shape index (κ1) is 10.9. The highest BCUT2D eigenvalue weighted by Gasteiger charge is 2.48. The van der Waals surface area contributed by atoms with Gasteiger partial charge in [-0.1, -0.05) is 39.3 Å². The number of carbonyl (C=O) groups excluding carboxylic acids is 1. The first-order chi connectivity index (χ1) is 6.96. The van der Waals surface area contributed by atoms with Gasteiger partial charge >= 0.3 is 0 Å². The van der Waals surface area contributed by atoms with Crippen LogP contribution in [0.15, 0.2) is 12.2 Å². The minimum atomic E-state index is -0.0802. The topological polar surface area (TPSA) is 17.1 Å². The van der Waals surface area contributed by atoms with Gasteiger partial charge in [0, 0.05) is 10.8 Å². The fourth-order valence-electron chi connectivity index (χ4n) is 3.50. The number of rotatable bonds is 0. The lowest BCUT2D eigenvalue weighted by Gasteiger charge is -2.45. The van der Waals surface area contributed by atoms with Crippen molar-refractivity contribution < 1.29 is 4.79 Å². The number of ketones is 1. The molecule has 1 nitrogen and oxygen atoms in total. The van der Waals surface area contributed by atoms with Crippen molar-refractivity contribution in [3.8, 4) is 0 Å². The molecule has 0 amide bonds. The molecule has 1 fully saturated rings. The van der Waals surface area contributed by atoms with E-state index >= 15 is 0 Å². The van der Waals surface area contributed by atoms with Crippen molar-refractivity contribution in [3.63, 3.8) is 0 Å². The second-order valence-electron chi connectivity index (χ2n) is 6.16. The molecule has 0 bridgehead atoms. The van der Waals surface area contributed by atoms with E-state index in [1.54, 1.807) is 0 Å². The zero-order valence-corrected chi connectivity index (χ0v) is 10.2. The largest absolute Gasteiger partial charge is 0.298 e. The van der Waals surface area contributed by atoms with Gasteiger partial charge in [-0.2, -0.15) is 0 Å². The Labute approximate surface area is 92.9 Å². The van der Waals surface area contributed by atoms with Gasteiger partial charge in [-0.15, -0.1) is 0 Å². The zero-order valence-electron chi connectivity index (χ0n) is 10.2. The summed E-state index contributed by atoms with van der Waals surface area (Å²) in [6, 6.07) is 0. The van der Waals surface area contributed by atoms with Crippen molar-refractivity contribution in [1.29, 1.82) is 0 Å². The molecule has 0 aromatic carbocycles. The van der Waals surface area contributed by atoms with Crippen LogP contribution in [-0.2, 0) is 4.79 Å². The van der Waals surface area contributed by atoms with Crippen LogP contribution in [0.1, 0.15) is 52.9 Å². The summed E-state index contributed by atoms with van der Waals surface area (Å²) in [4.78, 5) is 12.5. The maximum atomic E-state index is 12.5. The summed E-state index contributed by atoms with van der Waals surface area (Å²) in [5.74, 6) is 1.11. The summed E-state index contributed by atoms with van der Waals surface area (Å²) in [6.07, 6.45) is 9.97. The third-order valence-electron chi connectivity index (χ3n) is 4.24. The van der Waals surface area contributed by atoms with Crippen molar-refractivity contribution >= 4 is 5.78 Å². The molecule has 0 radical (unpaired) electrons. The van der Waals surface area contributed by atoms with Gasteiger partial charge in [0.25, 0.3) is 0 Å². The van der Waals surface area contributed by atoms with Crippen LogP contribution in [0, 0.1) is 16.7 Å². The Bertz CT molecular complexity index is 300. The third kappa shape index (κ3) is 1.77. The van der Waals surface area contributed by atoms with Gasteiger partial charge in [0.05, 0.1) is 0 Å². The quantitative estimate of drug-likeness (QED) is 0.552.